The molecular formula is C10H13ClN2S. The van der Waals surface area contributed by atoms with Crippen LogP contribution in [0.15, 0.2) is 23.1 Å². The third-order valence-corrected chi connectivity index (χ3v) is 3.75. The molecule has 0 saturated carbocycles. The average Bonchev–Trinajstić information content (AvgIpc) is 2.20. The van der Waals surface area contributed by atoms with Crippen molar-refractivity contribution in [2.24, 2.45) is 0 Å². The number of benzene rings is 1. The lowest BCUT2D eigenvalue weighted by Crippen LogP contribution is -2.35. The van der Waals surface area contributed by atoms with Gasteiger partial charge in [-0.3, -0.25) is 0 Å². The van der Waals surface area contributed by atoms with E-state index in [2.05, 4.69) is 16.7 Å². The Labute approximate surface area is 93.4 Å². The molecule has 1 heterocycles. The number of para-hydroxylation sites is 1. The Kier molecular flexibility index (Phi) is 3.21. The Morgan fingerprint density at radius 2 is 2.50 bits per heavy atom. The maximum Gasteiger partial charge on any atom is 0.0670 e. The van der Waals surface area contributed by atoms with Crippen LogP contribution >= 0.6 is 23.4 Å². The molecule has 0 radical (unpaired) electrons. The third-order valence-electron chi connectivity index (χ3n) is 2.21. The van der Waals surface area contributed by atoms with Gasteiger partial charge in [0.15, 0.2) is 0 Å². The van der Waals surface area contributed by atoms with E-state index in [-0.39, 0.29) is 0 Å². The predicted molar refractivity (Wildman–Crippen MR) is 63.5 cm³/mol. The van der Waals surface area contributed by atoms with Crippen molar-refractivity contribution >= 4 is 29.1 Å². The maximum atomic E-state index is 6.11. The Bertz CT molecular complexity index is 330. The van der Waals surface area contributed by atoms with Crippen LogP contribution < -0.4 is 10.6 Å². The fraction of sp³-hybridized carbons (Fsp3) is 0.400. The van der Waals surface area contributed by atoms with Crippen molar-refractivity contribution in [3.8, 4) is 0 Å². The van der Waals surface area contributed by atoms with Gasteiger partial charge >= 0.3 is 0 Å². The van der Waals surface area contributed by atoms with Crippen LogP contribution in [0.25, 0.3) is 0 Å². The van der Waals surface area contributed by atoms with Gasteiger partial charge < -0.3 is 10.6 Å². The number of nitrogens with one attached hydrogen (secondary N) is 2. The molecule has 0 amide bonds. The van der Waals surface area contributed by atoms with Crippen molar-refractivity contribution in [1.82, 2.24) is 5.32 Å². The van der Waals surface area contributed by atoms with Gasteiger partial charge in [0.25, 0.3) is 0 Å². The average molecular weight is 229 g/mol. The molecule has 1 unspecified atom stereocenters. The molecule has 1 aromatic rings. The summed E-state index contributed by atoms with van der Waals surface area (Å²) in [5, 5.41) is 7.44. The maximum absolute atomic E-state index is 6.11. The Hall–Kier alpha value is -0.380. The predicted octanol–water partition coefficient (Wildman–Crippen LogP) is 2.45. The van der Waals surface area contributed by atoms with Gasteiger partial charge in [0.2, 0.25) is 0 Å². The molecule has 1 aliphatic heterocycles. The van der Waals surface area contributed by atoms with Crippen molar-refractivity contribution in [2.45, 2.75) is 10.9 Å². The van der Waals surface area contributed by atoms with E-state index < -0.39 is 0 Å². The molecule has 0 bridgehead atoms. The molecule has 0 spiro atoms. The summed E-state index contributed by atoms with van der Waals surface area (Å²) in [5.74, 6) is 1.09. The second kappa shape index (κ2) is 4.43. The number of hydrogen-bond acceptors (Lipinski definition) is 3. The van der Waals surface area contributed by atoms with Crippen LogP contribution in [0.1, 0.15) is 0 Å². The van der Waals surface area contributed by atoms with Crippen molar-refractivity contribution in [3.05, 3.63) is 23.2 Å². The largest absolute Gasteiger partial charge is 0.378 e. The van der Waals surface area contributed by atoms with E-state index in [0.29, 0.717) is 6.04 Å². The van der Waals surface area contributed by atoms with Crippen LogP contribution in [0.3, 0.4) is 0 Å². The minimum atomic E-state index is 0.470. The summed E-state index contributed by atoms with van der Waals surface area (Å²) in [5.41, 5.74) is 1.09. The van der Waals surface area contributed by atoms with Crippen molar-refractivity contribution < 1.29 is 0 Å². The zero-order chi connectivity index (χ0) is 9.97. The van der Waals surface area contributed by atoms with Gasteiger partial charge in [0, 0.05) is 23.2 Å². The fourth-order valence-corrected chi connectivity index (χ4v) is 2.91. The van der Waals surface area contributed by atoms with Gasteiger partial charge in [-0.15, -0.1) is 11.8 Å². The lowest BCUT2D eigenvalue weighted by molar-refractivity contribution is 0.702. The van der Waals surface area contributed by atoms with Crippen LogP contribution in [0.2, 0.25) is 5.02 Å². The number of anilines is 1. The summed E-state index contributed by atoms with van der Waals surface area (Å²) >= 11 is 7.98. The lowest BCUT2D eigenvalue weighted by Gasteiger charge is -2.27. The number of thioether (sulfide) groups is 1. The van der Waals surface area contributed by atoms with E-state index in [9.17, 15) is 0 Å². The Morgan fingerprint density at radius 3 is 3.29 bits per heavy atom. The first-order valence-corrected chi connectivity index (χ1v) is 6.00. The minimum absolute atomic E-state index is 0.470. The highest BCUT2D eigenvalue weighted by atomic mass is 35.5. The van der Waals surface area contributed by atoms with Gasteiger partial charge in [-0.05, 0) is 19.2 Å². The third kappa shape index (κ3) is 2.00. The fourth-order valence-electron chi connectivity index (χ4n) is 1.56. The monoisotopic (exact) mass is 228 g/mol. The summed E-state index contributed by atoms with van der Waals surface area (Å²) in [6.45, 7) is 0.970. The second-order valence-corrected chi connectivity index (χ2v) is 4.79. The molecule has 2 N–H and O–H groups in total. The smallest absolute Gasteiger partial charge is 0.0670 e. The number of halogens is 1. The molecule has 76 valence electrons. The summed E-state index contributed by atoms with van der Waals surface area (Å²) < 4.78 is 0. The quantitative estimate of drug-likeness (QED) is 0.813. The standard InChI is InChI=1S/C10H13ClN2S/c1-12-5-7-6-14-9-4-2-3-8(11)10(9)13-7/h2-4,7,12-13H,5-6H2,1H3. The molecule has 0 saturated heterocycles. The van der Waals surface area contributed by atoms with Crippen molar-refractivity contribution in [2.75, 3.05) is 24.7 Å². The first-order chi connectivity index (χ1) is 6.81. The molecule has 1 aromatic carbocycles. The Morgan fingerprint density at radius 1 is 1.64 bits per heavy atom. The lowest BCUT2D eigenvalue weighted by atomic mass is 10.2. The Balaban J connectivity index is 2.20. The number of likely N-dealkylation sites (N-methyl/N-ethyl adjacent to an activating group) is 1. The van der Waals surface area contributed by atoms with Gasteiger partial charge in [-0.25, -0.2) is 0 Å². The minimum Gasteiger partial charge on any atom is -0.378 e. The summed E-state index contributed by atoms with van der Waals surface area (Å²) in [6.07, 6.45) is 0. The first-order valence-electron chi connectivity index (χ1n) is 4.63. The van der Waals surface area contributed by atoms with Crippen molar-refractivity contribution in [1.29, 1.82) is 0 Å². The molecule has 1 atom stereocenters. The molecular weight excluding hydrogens is 216 g/mol. The van der Waals surface area contributed by atoms with E-state index in [4.69, 9.17) is 11.6 Å². The highest BCUT2D eigenvalue weighted by molar-refractivity contribution is 7.99. The van der Waals surface area contributed by atoms with Gasteiger partial charge in [-0.1, -0.05) is 17.7 Å². The van der Waals surface area contributed by atoms with Crippen LogP contribution in [0.5, 0.6) is 0 Å². The first kappa shape index (κ1) is 10.1. The molecule has 1 aliphatic rings. The van der Waals surface area contributed by atoms with Gasteiger partial charge in [0.05, 0.1) is 10.7 Å². The van der Waals surface area contributed by atoms with Crippen LogP contribution in [0, 0.1) is 0 Å². The van der Waals surface area contributed by atoms with Gasteiger partial charge in [-0.2, -0.15) is 0 Å². The number of fused-ring (bicyclic) bond motifs is 1. The molecule has 0 aliphatic carbocycles. The summed E-state index contributed by atoms with van der Waals surface area (Å²) in [7, 11) is 1.97. The highest BCUT2D eigenvalue weighted by Gasteiger charge is 2.18. The van der Waals surface area contributed by atoms with Crippen LogP contribution in [0.4, 0.5) is 5.69 Å². The van der Waals surface area contributed by atoms with E-state index in [0.717, 1.165) is 23.0 Å². The molecule has 0 aromatic heterocycles. The molecule has 0 fully saturated rings. The molecule has 14 heavy (non-hydrogen) atoms. The number of rotatable bonds is 2. The highest BCUT2D eigenvalue weighted by Crippen LogP contribution is 2.37. The second-order valence-electron chi connectivity index (χ2n) is 3.32. The zero-order valence-corrected chi connectivity index (χ0v) is 9.58. The SMILES string of the molecule is CNCC1CSc2cccc(Cl)c2N1. The van der Waals surface area contributed by atoms with E-state index >= 15 is 0 Å². The van der Waals surface area contributed by atoms with E-state index in [1.54, 1.807) is 0 Å². The summed E-state index contributed by atoms with van der Waals surface area (Å²) in [4.78, 5) is 1.25. The van der Waals surface area contributed by atoms with Crippen LogP contribution in [-0.4, -0.2) is 25.4 Å². The molecule has 4 heteroatoms. The van der Waals surface area contributed by atoms with E-state index in [1.165, 1.54) is 4.90 Å². The molecule has 2 nitrogen and oxygen atoms in total. The van der Waals surface area contributed by atoms with E-state index in [1.807, 2.05) is 30.9 Å². The van der Waals surface area contributed by atoms with Crippen LogP contribution in [-0.2, 0) is 0 Å². The topological polar surface area (TPSA) is 24.1 Å². The summed E-state index contributed by atoms with van der Waals surface area (Å²) in [6, 6.07) is 6.50. The van der Waals surface area contributed by atoms with Crippen molar-refractivity contribution in [3.63, 3.8) is 0 Å². The normalized spacial score (nSPS) is 20.0. The number of hydrogen-bond donors (Lipinski definition) is 2. The molecule has 2 rings (SSSR count). The van der Waals surface area contributed by atoms with Gasteiger partial charge in [0.1, 0.15) is 0 Å². The zero-order valence-electron chi connectivity index (χ0n) is 8.01.